The van der Waals surface area contributed by atoms with E-state index in [9.17, 15) is 4.79 Å². The maximum atomic E-state index is 12.4. The van der Waals surface area contributed by atoms with Crippen molar-refractivity contribution in [2.45, 2.75) is 5.92 Å². The van der Waals surface area contributed by atoms with Crippen molar-refractivity contribution >= 4 is 30.7 Å². The van der Waals surface area contributed by atoms with Crippen LogP contribution < -0.4 is 0 Å². The smallest absolute Gasteiger partial charge is 0.234 e. The first-order chi connectivity index (χ1) is 8.70. The molecule has 0 fully saturated rings. The molecule has 0 aliphatic rings. The van der Waals surface area contributed by atoms with Crippen LogP contribution in [0.3, 0.4) is 0 Å². The molecule has 0 N–H and O–H groups in total. The van der Waals surface area contributed by atoms with Gasteiger partial charge in [-0.05, 0) is 11.1 Å². The molecule has 108 valence electrons. The van der Waals surface area contributed by atoms with Crippen molar-refractivity contribution in [1.29, 1.82) is 0 Å². The van der Waals surface area contributed by atoms with E-state index in [0.717, 1.165) is 11.1 Å². The summed E-state index contributed by atoms with van der Waals surface area (Å²) in [5.41, 5.74) is 2.06. The molecule has 0 saturated heterocycles. The molecule has 0 heterocycles. The van der Waals surface area contributed by atoms with Gasteiger partial charge in [0.1, 0.15) is 0 Å². The number of carbonyl (C=O) groups excluding carboxylic acids is 1. The third kappa shape index (κ3) is 4.26. The monoisotopic (exact) mass is 311 g/mol. The van der Waals surface area contributed by atoms with Gasteiger partial charge in [-0.3, -0.25) is 4.79 Å². The van der Waals surface area contributed by atoms with Crippen molar-refractivity contribution in [2.75, 3.05) is 14.1 Å². The Bertz CT molecular complexity index is 475. The SMILES string of the molecule is CN(C)C(=O)C(c1ccccc1)c1ccccc1.Cl.Cl. The number of halogens is 2. The molecule has 0 spiro atoms. The Morgan fingerprint density at radius 3 is 1.45 bits per heavy atom. The Morgan fingerprint density at radius 1 is 0.800 bits per heavy atom. The Morgan fingerprint density at radius 2 is 1.15 bits per heavy atom. The lowest BCUT2D eigenvalue weighted by molar-refractivity contribution is -0.129. The highest BCUT2D eigenvalue weighted by Gasteiger charge is 2.23. The molecule has 2 aromatic carbocycles. The quantitative estimate of drug-likeness (QED) is 0.845. The summed E-state index contributed by atoms with van der Waals surface area (Å²) >= 11 is 0. The summed E-state index contributed by atoms with van der Waals surface area (Å²) in [6, 6.07) is 19.8. The molecule has 2 aromatic rings. The zero-order chi connectivity index (χ0) is 13.0. The fourth-order valence-electron chi connectivity index (χ4n) is 2.03. The van der Waals surface area contributed by atoms with Crippen LogP contribution in [0.5, 0.6) is 0 Å². The van der Waals surface area contributed by atoms with Crippen LogP contribution >= 0.6 is 24.8 Å². The average Bonchev–Trinajstić information content (AvgIpc) is 2.41. The van der Waals surface area contributed by atoms with Gasteiger partial charge < -0.3 is 4.90 Å². The first kappa shape index (κ1) is 18.5. The molecule has 20 heavy (non-hydrogen) atoms. The molecule has 0 bridgehead atoms. The maximum absolute atomic E-state index is 12.4. The van der Waals surface area contributed by atoms with Gasteiger partial charge >= 0.3 is 0 Å². The van der Waals surface area contributed by atoms with Crippen molar-refractivity contribution in [3.05, 3.63) is 71.8 Å². The molecule has 4 heteroatoms. The van der Waals surface area contributed by atoms with Gasteiger partial charge in [-0.15, -0.1) is 24.8 Å². The van der Waals surface area contributed by atoms with E-state index in [2.05, 4.69) is 0 Å². The first-order valence-electron chi connectivity index (χ1n) is 6.01. The van der Waals surface area contributed by atoms with Crippen LogP contribution in [-0.2, 0) is 4.79 Å². The maximum Gasteiger partial charge on any atom is 0.234 e. The van der Waals surface area contributed by atoms with E-state index in [0.29, 0.717) is 0 Å². The predicted octanol–water partition coefficient (Wildman–Crippen LogP) is 3.75. The molecular formula is C16H19Cl2NO. The molecule has 0 saturated carbocycles. The van der Waals surface area contributed by atoms with E-state index < -0.39 is 0 Å². The molecule has 0 aliphatic carbocycles. The summed E-state index contributed by atoms with van der Waals surface area (Å²) < 4.78 is 0. The van der Waals surface area contributed by atoms with Crippen LogP contribution in [0.4, 0.5) is 0 Å². The highest BCUT2D eigenvalue weighted by atomic mass is 35.5. The van der Waals surface area contributed by atoms with Gasteiger partial charge in [0, 0.05) is 14.1 Å². The fraction of sp³-hybridized carbons (Fsp3) is 0.188. The molecule has 2 rings (SSSR count). The van der Waals surface area contributed by atoms with Gasteiger partial charge in [-0.25, -0.2) is 0 Å². The molecule has 0 radical (unpaired) electrons. The second kappa shape index (κ2) is 8.62. The van der Waals surface area contributed by atoms with Gasteiger partial charge in [-0.2, -0.15) is 0 Å². The summed E-state index contributed by atoms with van der Waals surface area (Å²) in [6.07, 6.45) is 0. The van der Waals surface area contributed by atoms with E-state index in [-0.39, 0.29) is 36.6 Å². The fourth-order valence-corrected chi connectivity index (χ4v) is 2.03. The van der Waals surface area contributed by atoms with Crippen LogP contribution in [-0.4, -0.2) is 24.9 Å². The van der Waals surface area contributed by atoms with Crippen LogP contribution in [0, 0.1) is 0 Å². The molecule has 2 nitrogen and oxygen atoms in total. The standard InChI is InChI=1S/C16H17NO.2ClH/c1-17(2)16(18)15(13-9-5-3-6-10-13)14-11-7-4-8-12-14;;/h3-12,15H,1-2H3;2*1H. The van der Waals surface area contributed by atoms with Gasteiger partial charge in [0.2, 0.25) is 5.91 Å². The summed E-state index contributed by atoms with van der Waals surface area (Å²) in [4.78, 5) is 14.0. The van der Waals surface area contributed by atoms with Crippen molar-refractivity contribution in [2.24, 2.45) is 0 Å². The van der Waals surface area contributed by atoms with E-state index in [1.54, 1.807) is 19.0 Å². The summed E-state index contributed by atoms with van der Waals surface area (Å²) in [5, 5.41) is 0. The molecule has 0 aliphatic heterocycles. The van der Waals surface area contributed by atoms with Crippen LogP contribution in [0.15, 0.2) is 60.7 Å². The first-order valence-corrected chi connectivity index (χ1v) is 6.01. The van der Waals surface area contributed by atoms with Gasteiger partial charge in [0.05, 0.1) is 5.92 Å². The van der Waals surface area contributed by atoms with E-state index in [1.807, 2.05) is 60.7 Å². The largest absolute Gasteiger partial charge is 0.348 e. The minimum Gasteiger partial charge on any atom is -0.348 e. The molecule has 1 amide bonds. The molecule has 0 atom stereocenters. The second-order valence-electron chi connectivity index (χ2n) is 4.49. The van der Waals surface area contributed by atoms with Crippen molar-refractivity contribution in [3.63, 3.8) is 0 Å². The molecular weight excluding hydrogens is 293 g/mol. The summed E-state index contributed by atoms with van der Waals surface area (Å²) in [7, 11) is 3.59. The van der Waals surface area contributed by atoms with E-state index in [4.69, 9.17) is 0 Å². The number of rotatable bonds is 3. The van der Waals surface area contributed by atoms with Crippen molar-refractivity contribution < 1.29 is 4.79 Å². The predicted molar refractivity (Wildman–Crippen MR) is 87.9 cm³/mol. The minimum atomic E-state index is -0.220. The van der Waals surface area contributed by atoms with Gasteiger partial charge in [0.15, 0.2) is 0 Å². The van der Waals surface area contributed by atoms with Crippen LogP contribution in [0.2, 0.25) is 0 Å². The van der Waals surface area contributed by atoms with Gasteiger partial charge in [0.25, 0.3) is 0 Å². The average molecular weight is 312 g/mol. The number of hydrogen-bond acceptors (Lipinski definition) is 1. The minimum absolute atomic E-state index is 0. The lowest BCUT2D eigenvalue weighted by Crippen LogP contribution is -2.28. The number of nitrogens with zero attached hydrogens (tertiary/aromatic N) is 1. The lowest BCUT2D eigenvalue weighted by atomic mass is 9.90. The van der Waals surface area contributed by atoms with Gasteiger partial charge in [-0.1, -0.05) is 60.7 Å². The topological polar surface area (TPSA) is 20.3 Å². The highest BCUT2D eigenvalue weighted by molar-refractivity contribution is 5.86. The normalized spacial score (nSPS) is 9.35. The molecule has 0 unspecified atom stereocenters. The highest BCUT2D eigenvalue weighted by Crippen LogP contribution is 2.25. The van der Waals surface area contributed by atoms with Crippen molar-refractivity contribution in [1.82, 2.24) is 4.90 Å². The van der Waals surface area contributed by atoms with Crippen LogP contribution in [0.25, 0.3) is 0 Å². The third-order valence-electron chi connectivity index (χ3n) is 2.95. The lowest BCUT2D eigenvalue weighted by Gasteiger charge is -2.21. The summed E-state index contributed by atoms with van der Waals surface area (Å²) in [6.45, 7) is 0. The van der Waals surface area contributed by atoms with Crippen LogP contribution in [0.1, 0.15) is 17.0 Å². The van der Waals surface area contributed by atoms with E-state index >= 15 is 0 Å². The Hall–Kier alpha value is -1.51. The second-order valence-corrected chi connectivity index (χ2v) is 4.49. The molecule has 0 aromatic heterocycles. The van der Waals surface area contributed by atoms with E-state index in [1.165, 1.54) is 0 Å². The van der Waals surface area contributed by atoms with Crippen molar-refractivity contribution in [3.8, 4) is 0 Å². The Balaban J connectivity index is 0.00000180. The Kier molecular flexibility index (Phi) is 7.97. The number of amides is 1. The number of hydrogen-bond donors (Lipinski definition) is 0. The zero-order valence-corrected chi connectivity index (χ0v) is 13.2. The number of likely N-dealkylation sites (N-methyl/N-ethyl adjacent to an activating group) is 1. The number of carbonyl (C=O) groups is 1. The number of benzene rings is 2. The third-order valence-corrected chi connectivity index (χ3v) is 2.95. The zero-order valence-electron chi connectivity index (χ0n) is 11.5. The summed E-state index contributed by atoms with van der Waals surface area (Å²) in [5.74, 6) is -0.116. The Labute approximate surface area is 132 Å².